The third-order valence-electron chi connectivity index (χ3n) is 4.77. The molecule has 0 saturated carbocycles. The summed E-state index contributed by atoms with van der Waals surface area (Å²) in [7, 11) is 0. The van der Waals surface area contributed by atoms with E-state index in [1.165, 1.54) is 0 Å². The second-order valence-corrected chi connectivity index (χ2v) is 8.07. The number of Topliss-reactive ketones (excluding diaryl/α,β-unsaturated/α-hetero) is 1. The van der Waals surface area contributed by atoms with Crippen molar-refractivity contribution in [3.63, 3.8) is 0 Å². The SMILES string of the molecule is CCOc1ccc(C(=O)CCC(=O)N2CCC(Sc3ccccn3)CC2)cc1. The molecule has 1 saturated heterocycles. The van der Waals surface area contributed by atoms with Crippen molar-refractivity contribution in [1.82, 2.24) is 9.88 Å². The van der Waals surface area contributed by atoms with Crippen molar-refractivity contribution in [2.75, 3.05) is 19.7 Å². The molecule has 6 heteroatoms. The molecule has 0 bridgehead atoms. The van der Waals surface area contributed by atoms with Crippen molar-refractivity contribution in [3.8, 4) is 5.75 Å². The zero-order valence-corrected chi connectivity index (χ0v) is 17.0. The number of ketones is 1. The quantitative estimate of drug-likeness (QED) is 0.623. The first kappa shape index (κ1) is 20.4. The molecule has 3 rings (SSSR count). The summed E-state index contributed by atoms with van der Waals surface area (Å²) < 4.78 is 5.39. The molecule has 1 aliphatic rings. The van der Waals surface area contributed by atoms with Crippen molar-refractivity contribution in [3.05, 3.63) is 54.2 Å². The molecule has 1 aliphatic heterocycles. The summed E-state index contributed by atoms with van der Waals surface area (Å²) >= 11 is 1.78. The van der Waals surface area contributed by atoms with Crippen LogP contribution in [0.3, 0.4) is 0 Å². The van der Waals surface area contributed by atoms with Crippen LogP contribution in [0.1, 0.15) is 43.0 Å². The minimum atomic E-state index is -0.00279. The van der Waals surface area contributed by atoms with Crippen LogP contribution in [0.2, 0.25) is 0 Å². The molecule has 1 aromatic heterocycles. The molecule has 0 unspecified atom stereocenters. The van der Waals surface area contributed by atoms with Crippen LogP contribution in [0.5, 0.6) is 5.75 Å². The van der Waals surface area contributed by atoms with Gasteiger partial charge in [0, 0.05) is 42.9 Å². The van der Waals surface area contributed by atoms with Gasteiger partial charge in [-0.25, -0.2) is 4.98 Å². The fourth-order valence-electron chi connectivity index (χ4n) is 3.24. The molecule has 1 amide bonds. The predicted octanol–water partition coefficient (Wildman–Crippen LogP) is 4.23. The Hall–Kier alpha value is -2.34. The van der Waals surface area contributed by atoms with Crippen LogP contribution in [0.25, 0.3) is 0 Å². The Balaban J connectivity index is 1.41. The number of likely N-dealkylation sites (tertiary alicyclic amines) is 1. The maximum absolute atomic E-state index is 12.5. The van der Waals surface area contributed by atoms with E-state index in [0.717, 1.165) is 36.7 Å². The number of benzene rings is 1. The number of carbonyl (C=O) groups is 2. The van der Waals surface area contributed by atoms with E-state index >= 15 is 0 Å². The first-order valence-corrected chi connectivity index (χ1v) is 10.6. The van der Waals surface area contributed by atoms with Crippen LogP contribution in [-0.2, 0) is 4.79 Å². The smallest absolute Gasteiger partial charge is 0.223 e. The highest BCUT2D eigenvalue weighted by atomic mass is 32.2. The van der Waals surface area contributed by atoms with Gasteiger partial charge in [0.2, 0.25) is 5.91 Å². The highest BCUT2D eigenvalue weighted by Gasteiger charge is 2.24. The molecule has 2 heterocycles. The molecule has 0 spiro atoms. The summed E-state index contributed by atoms with van der Waals surface area (Å²) in [5.41, 5.74) is 0.627. The molecule has 0 radical (unpaired) electrons. The number of hydrogen-bond acceptors (Lipinski definition) is 5. The summed E-state index contributed by atoms with van der Waals surface area (Å²) in [6.07, 6.45) is 4.24. The van der Waals surface area contributed by atoms with Gasteiger partial charge in [-0.05, 0) is 56.2 Å². The van der Waals surface area contributed by atoms with Crippen LogP contribution < -0.4 is 4.74 Å². The van der Waals surface area contributed by atoms with Gasteiger partial charge in [0.1, 0.15) is 5.75 Å². The number of aromatic nitrogens is 1. The normalized spacial score (nSPS) is 14.7. The van der Waals surface area contributed by atoms with Gasteiger partial charge in [0.05, 0.1) is 11.6 Å². The van der Waals surface area contributed by atoms with Gasteiger partial charge < -0.3 is 9.64 Å². The highest BCUT2D eigenvalue weighted by molar-refractivity contribution is 7.99. The van der Waals surface area contributed by atoms with E-state index in [2.05, 4.69) is 4.98 Å². The number of carbonyl (C=O) groups excluding carboxylic acids is 2. The van der Waals surface area contributed by atoms with Gasteiger partial charge in [-0.1, -0.05) is 6.07 Å². The second kappa shape index (κ2) is 10.3. The number of nitrogens with zero attached hydrogens (tertiary/aromatic N) is 2. The highest BCUT2D eigenvalue weighted by Crippen LogP contribution is 2.29. The van der Waals surface area contributed by atoms with Gasteiger partial charge in [-0.3, -0.25) is 9.59 Å². The molecule has 2 aromatic rings. The monoisotopic (exact) mass is 398 g/mol. The van der Waals surface area contributed by atoms with Crippen molar-refractivity contribution < 1.29 is 14.3 Å². The number of ether oxygens (including phenoxy) is 1. The number of thioether (sulfide) groups is 1. The van der Waals surface area contributed by atoms with Crippen LogP contribution in [-0.4, -0.2) is 46.5 Å². The van der Waals surface area contributed by atoms with Gasteiger partial charge in [-0.15, -0.1) is 11.8 Å². The summed E-state index contributed by atoms with van der Waals surface area (Å²) in [6.45, 7) is 4.02. The zero-order valence-electron chi connectivity index (χ0n) is 16.2. The number of amides is 1. The maximum atomic E-state index is 12.5. The van der Waals surface area contributed by atoms with E-state index in [4.69, 9.17) is 4.74 Å². The molecular formula is C22H26N2O3S. The van der Waals surface area contributed by atoms with Gasteiger partial charge in [-0.2, -0.15) is 0 Å². The average molecular weight is 399 g/mol. The van der Waals surface area contributed by atoms with Gasteiger partial charge in [0.15, 0.2) is 5.78 Å². The Morgan fingerprint density at radius 3 is 2.50 bits per heavy atom. The lowest BCUT2D eigenvalue weighted by molar-refractivity contribution is -0.131. The number of hydrogen-bond donors (Lipinski definition) is 0. The van der Waals surface area contributed by atoms with E-state index in [9.17, 15) is 9.59 Å². The topological polar surface area (TPSA) is 59.5 Å². The first-order chi connectivity index (χ1) is 13.7. The van der Waals surface area contributed by atoms with Crippen molar-refractivity contribution in [1.29, 1.82) is 0 Å². The summed E-state index contributed by atoms with van der Waals surface area (Å²) in [4.78, 5) is 31.1. The summed E-state index contributed by atoms with van der Waals surface area (Å²) in [5, 5.41) is 1.53. The van der Waals surface area contributed by atoms with E-state index in [1.807, 2.05) is 36.2 Å². The van der Waals surface area contributed by atoms with Crippen molar-refractivity contribution in [2.24, 2.45) is 0 Å². The van der Waals surface area contributed by atoms with E-state index in [-0.39, 0.29) is 24.5 Å². The van der Waals surface area contributed by atoms with Crippen LogP contribution >= 0.6 is 11.8 Å². The molecule has 148 valence electrons. The minimum Gasteiger partial charge on any atom is -0.494 e. The Bertz CT molecular complexity index is 772. The standard InChI is InChI=1S/C22H26N2O3S/c1-2-27-18-8-6-17(7-9-18)20(25)10-11-22(26)24-15-12-19(13-16-24)28-21-5-3-4-14-23-21/h3-9,14,19H,2,10-13,15-16H2,1H3. The molecule has 0 atom stereocenters. The first-order valence-electron chi connectivity index (χ1n) is 9.77. The Labute approximate surface area is 170 Å². The lowest BCUT2D eigenvalue weighted by Gasteiger charge is -2.31. The Morgan fingerprint density at radius 1 is 1.11 bits per heavy atom. The molecule has 28 heavy (non-hydrogen) atoms. The van der Waals surface area contributed by atoms with Gasteiger partial charge >= 0.3 is 0 Å². The maximum Gasteiger partial charge on any atom is 0.223 e. The number of pyridine rings is 1. The van der Waals surface area contributed by atoms with E-state index in [0.29, 0.717) is 17.4 Å². The minimum absolute atomic E-state index is 0.00279. The van der Waals surface area contributed by atoms with Crippen LogP contribution in [0.4, 0.5) is 0 Å². The van der Waals surface area contributed by atoms with E-state index < -0.39 is 0 Å². The number of rotatable bonds is 8. The van der Waals surface area contributed by atoms with Gasteiger partial charge in [0.25, 0.3) is 0 Å². The van der Waals surface area contributed by atoms with E-state index in [1.54, 1.807) is 36.0 Å². The Morgan fingerprint density at radius 2 is 1.86 bits per heavy atom. The number of piperidine rings is 1. The van der Waals surface area contributed by atoms with Crippen LogP contribution in [0, 0.1) is 0 Å². The second-order valence-electron chi connectivity index (χ2n) is 6.75. The largest absolute Gasteiger partial charge is 0.494 e. The van der Waals surface area contributed by atoms with Crippen molar-refractivity contribution >= 4 is 23.5 Å². The fourth-order valence-corrected chi connectivity index (χ4v) is 4.30. The summed E-state index contributed by atoms with van der Waals surface area (Å²) in [5.74, 6) is 0.819. The molecule has 0 N–H and O–H groups in total. The molecule has 1 aromatic carbocycles. The lowest BCUT2D eigenvalue weighted by atomic mass is 10.0. The predicted molar refractivity (Wildman–Crippen MR) is 111 cm³/mol. The zero-order chi connectivity index (χ0) is 19.8. The Kier molecular flexibility index (Phi) is 7.48. The molecule has 5 nitrogen and oxygen atoms in total. The molecule has 0 aliphatic carbocycles. The fraction of sp³-hybridized carbons (Fsp3) is 0.409. The molecular weight excluding hydrogens is 372 g/mol. The molecule has 1 fully saturated rings. The third-order valence-corrected chi connectivity index (χ3v) is 6.06. The third kappa shape index (κ3) is 5.83. The van der Waals surface area contributed by atoms with Crippen molar-refractivity contribution in [2.45, 2.75) is 42.9 Å². The lowest BCUT2D eigenvalue weighted by Crippen LogP contribution is -2.39. The summed E-state index contributed by atoms with van der Waals surface area (Å²) in [6, 6.07) is 13.0. The van der Waals surface area contributed by atoms with Crippen LogP contribution in [0.15, 0.2) is 53.7 Å². The average Bonchev–Trinajstić information content (AvgIpc) is 2.74.